The Morgan fingerprint density at radius 2 is 1.83 bits per heavy atom. The van der Waals surface area contributed by atoms with Crippen LogP contribution in [0, 0.1) is 0 Å². The molecule has 128 valence electrons. The van der Waals surface area contributed by atoms with Crippen molar-refractivity contribution in [2.45, 2.75) is 32.0 Å². The summed E-state index contributed by atoms with van der Waals surface area (Å²) in [6.45, 7) is 2.80. The Kier molecular flexibility index (Phi) is 7.25. The Bertz CT molecular complexity index is 648. The summed E-state index contributed by atoms with van der Waals surface area (Å²) in [5.41, 5.74) is 1.52. The minimum atomic E-state index is -1.26. The van der Waals surface area contributed by atoms with Crippen LogP contribution in [0.5, 0.6) is 0 Å². The first-order valence-electron chi connectivity index (χ1n) is 7.98. The predicted molar refractivity (Wildman–Crippen MR) is 94.7 cm³/mol. The lowest BCUT2D eigenvalue weighted by Crippen LogP contribution is -2.34. The van der Waals surface area contributed by atoms with Crippen molar-refractivity contribution in [3.63, 3.8) is 0 Å². The van der Waals surface area contributed by atoms with Gasteiger partial charge in [-0.25, -0.2) is 4.79 Å². The van der Waals surface area contributed by atoms with Gasteiger partial charge in [0.1, 0.15) is 6.61 Å². The number of halogens is 1. The second-order valence-corrected chi connectivity index (χ2v) is 5.93. The van der Waals surface area contributed by atoms with Crippen LogP contribution < -0.4 is 5.32 Å². The molecular weight excluding hydrogens is 326 g/mol. The maximum atomic E-state index is 12.0. The van der Waals surface area contributed by atoms with E-state index in [9.17, 15) is 9.90 Å². The summed E-state index contributed by atoms with van der Waals surface area (Å²) in [5.74, 6) is -0.640. The first kappa shape index (κ1) is 18.5. The van der Waals surface area contributed by atoms with Gasteiger partial charge in [-0.15, -0.1) is 0 Å². The fourth-order valence-electron chi connectivity index (χ4n) is 2.25. The van der Waals surface area contributed by atoms with Crippen molar-refractivity contribution >= 4 is 17.6 Å². The van der Waals surface area contributed by atoms with Crippen LogP contribution in [0.3, 0.4) is 0 Å². The van der Waals surface area contributed by atoms with Crippen molar-refractivity contribution in [3.05, 3.63) is 70.7 Å². The van der Waals surface area contributed by atoms with Crippen molar-refractivity contribution in [2.75, 3.05) is 6.61 Å². The van der Waals surface area contributed by atoms with Crippen molar-refractivity contribution in [3.8, 4) is 0 Å². The van der Waals surface area contributed by atoms with Crippen LogP contribution in [0.4, 0.5) is 0 Å². The molecule has 5 heteroatoms. The molecule has 0 bridgehead atoms. The van der Waals surface area contributed by atoms with Crippen LogP contribution in [0.25, 0.3) is 0 Å². The molecule has 0 aromatic heterocycles. The molecule has 0 spiro atoms. The van der Waals surface area contributed by atoms with Crippen molar-refractivity contribution < 1.29 is 14.6 Å². The van der Waals surface area contributed by atoms with Gasteiger partial charge >= 0.3 is 5.97 Å². The van der Waals surface area contributed by atoms with E-state index in [0.717, 1.165) is 12.0 Å². The standard InChI is InChI=1S/C19H22ClNO3/c1-2-16(21-12-15-10-6-7-11-17(15)20)13-24-19(23)18(22)14-8-4-3-5-9-14/h3-11,16,18,21-22H,2,12-13H2,1H3/t16-,18?/m1/s1. The molecule has 1 unspecified atom stereocenters. The molecular formula is C19H22ClNO3. The molecule has 24 heavy (non-hydrogen) atoms. The predicted octanol–water partition coefficient (Wildman–Crippen LogP) is 3.49. The second-order valence-electron chi connectivity index (χ2n) is 5.52. The van der Waals surface area contributed by atoms with Gasteiger partial charge in [-0.3, -0.25) is 0 Å². The van der Waals surface area contributed by atoms with Gasteiger partial charge in [0, 0.05) is 17.6 Å². The largest absolute Gasteiger partial charge is 0.462 e. The summed E-state index contributed by atoms with van der Waals surface area (Å²) >= 11 is 6.13. The zero-order valence-electron chi connectivity index (χ0n) is 13.6. The molecule has 2 N–H and O–H groups in total. The van der Waals surface area contributed by atoms with Crippen molar-refractivity contribution in [1.82, 2.24) is 5.32 Å². The number of hydrogen-bond acceptors (Lipinski definition) is 4. The van der Waals surface area contributed by atoms with Gasteiger partial charge in [0.15, 0.2) is 6.10 Å². The highest BCUT2D eigenvalue weighted by Crippen LogP contribution is 2.16. The van der Waals surface area contributed by atoms with Gasteiger partial charge in [0.25, 0.3) is 0 Å². The van der Waals surface area contributed by atoms with E-state index in [1.165, 1.54) is 0 Å². The molecule has 0 saturated carbocycles. The monoisotopic (exact) mass is 347 g/mol. The molecule has 4 nitrogen and oxygen atoms in total. The Morgan fingerprint density at radius 3 is 2.50 bits per heavy atom. The van der Waals surface area contributed by atoms with Gasteiger partial charge < -0.3 is 15.2 Å². The van der Waals surface area contributed by atoms with Gasteiger partial charge in [0.05, 0.1) is 0 Å². The molecule has 0 aliphatic carbocycles. The van der Waals surface area contributed by atoms with E-state index >= 15 is 0 Å². The highest BCUT2D eigenvalue weighted by molar-refractivity contribution is 6.31. The highest BCUT2D eigenvalue weighted by atomic mass is 35.5. The van der Waals surface area contributed by atoms with E-state index in [-0.39, 0.29) is 12.6 Å². The Labute approximate surface area is 147 Å². The van der Waals surface area contributed by atoms with Gasteiger partial charge in [0.2, 0.25) is 0 Å². The first-order chi connectivity index (χ1) is 11.6. The number of carbonyl (C=O) groups is 1. The number of carbonyl (C=O) groups excluding carboxylic acids is 1. The number of ether oxygens (including phenoxy) is 1. The summed E-state index contributed by atoms with van der Waals surface area (Å²) < 4.78 is 5.25. The molecule has 0 aliphatic rings. The van der Waals surface area contributed by atoms with Crippen LogP contribution >= 0.6 is 11.6 Å². The summed E-state index contributed by atoms with van der Waals surface area (Å²) in [6, 6.07) is 16.4. The summed E-state index contributed by atoms with van der Waals surface area (Å²) in [7, 11) is 0. The fourth-order valence-corrected chi connectivity index (χ4v) is 2.45. The molecule has 0 amide bonds. The fraction of sp³-hybridized carbons (Fsp3) is 0.316. The van der Waals surface area contributed by atoms with E-state index < -0.39 is 12.1 Å². The van der Waals surface area contributed by atoms with Crippen molar-refractivity contribution in [1.29, 1.82) is 0 Å². The highest BCUT2D eigenvalue weighted by Gasteiger charge is 2.20. The zero-order valence-corrected chi connectivity index (χ0v) is 14.4. The van der Waals surface area contributed by atoms with Crippen LogP contribution in [0.15, 0.2) is 54.6 Å². The van der Waals surface area contributed by atoms with Gasteiger partial charge in [-0.1, -0.05) is 67.1 Å². The molecule has 0 radical (unpaired) electrons. The molecule has 2 rings (SSSR count). The van der Waals surface area contributed by atoms with E-state index in [4.69, 9.17) is 16.3 Å². The third kappa shape index (κ3) is 5.34. The number of aliphatic hydroxyl groups is 1. The Morgan fingerprint density at radius 1 is 1.17 bits per heavy atom. The minimum Gasteiger partial charge on any atom is -0.462 e. The number of nitrogens with one attached hydrogen (secondary N) is 1. The van der Waals surface area contributed by atoms with Gasteiger partial charge in [-0.05, 0) is 23.6 Å². The third-order valence-corrected chi connectivity index (χ3v) is 4.17. The zero-order chi connectivity index (χ0) is 17.4. The third-order valence-electron chi connectivity index (χ3n) is 3.80. The summed E-state index contributed by atoms with van der Waals surface area (Å²) in [4.78, 5) is 12.0. The lowest BCUT2D eigenvalue weighted by Gasteiger charge is -2.19. The smallest absolute Gasteiger partial charge is 0.339 e. The van der Waals surface area contributed by atoms with E-state index in [1.54, 1.807) is 24.3 Å². The molecule has 2 aromatic rings. The van der Waals surface area contributed by atoms with E-state index in [0.29, 0.717) is 17.1 Å². The van der Waals surface area contributed by atoms with E-state index in [2.05, 4.69) is 5.32 Å². The maximum Gasteiger partial charge on any atom is 0.339 e. The number of aliphatic hydroxyl groups excluding tert-OH is 1. The van der Waals surface area contributed by atoms with Crippen LogP contribution in [0.2, 0.25) is 5.02 Å². The lowest BCUT2D eigenvalue weighted by molar-refractivity contribution is -0.154. The molecule has 0 aliphatic heterocycles. The average Bonchev–Trinajstić information content (AvgIpc) is 2.63. The normalized spacial score (nSPS) is 13.3. The van der Waals surface area contributed by atoms with Crippen LogP contribution in [-0.4, -0.2) is 23.7 Å². The quantitative estimate of drug-likeness (QED) is 0.718. The summed E-state index contributed by atoms with van der Waals surface area (Å²) in [5, 5.41) is 14.0. The first-order valence-corrected chi connectivity index (χ1v) is 8.36. The van der Waals surface area contributed by atoms with Crippen LogP contribution in [-0.2, 0) is 16.1 Å². The van der Waals surface area contributed by atoms with Crippen LogP contribution in [0.1, 0.15) is 30.6 Å². The van der Waals surface area contributed by atoms with E-state index in [1.807, 2.05) is 37.3 Å². The number of esters is 1. The number of rotatable bonds is 8. The molecule has 2 atom stereocenters. The van der Waals surface area contributed by atoms with Gasteiger partial charge in [-0.2, -0.15) is 0 Å². The second kappa shape index (κ2) is 9.42. The number of benzene rings is 2. The molecule has 2 aromatic carbocycles. The topological polar surface area (TPSA) is 58.6 Å². The number of hydrogen-bond donors (Lipinski definition) is 2. The summed E-state index contributed by atoms with van der Waals surface area (Å²) in [6.07, 6.45) is -0.466. The SMILES string of the molecule is CC[C@H](COC(=O)C(O)c1ccccc1)NCc1ccccc1Cl. The molecule has 0 fully saturated rings. The lowest BCUT2D eigenvalue weighted by atomic mass is 10.1. The minimum absolute atomic E-state index is 0.00630. The average molecular weight is 348 g/mol. The van der Waals surface area contributed by atoms with Crippen molar-refractivity contribution in [2.24, 2.45) is 0 Å². The Hall–Kier alpha value is -1.88. The molecule has 0 heterocycles. The maximum absolute atomic E-state index is 12.0. The molecule has 0 saturated heterocycles. The Balaban J connectivity index is 1.82.